The van der Waals surface area contributed by atoms with E-state index in [1.54, 1.807) is 6.20 Å². The first-order chi connectivity index (χ1) is 6.83. The Balaban J connectivity index is 2.60. The summed E-state index contributed by atoms with van der Waals surface area (Å²) in [6, 6.07) is 3.86. The Morgan fingerprint density at radius 2 is 2.14 bits per heavy atom. The lowest BCUT2D eigenvalue weighted by Crippen LogP contribution is -1.95. The van der Waals surface area contributed by atoms with E-state index in [9.17, 15) is 0 Å². The zero-order valence-electron chi connectivity index (χ0n) is 7.98. The van der Waals surface area contributed by atoms with Crippen LogP contribution < -0.4 is 5.32 Å². The third-order valence-electron chi connectivity index (χ3n) is 1.86. The van der Waals surface area contributed by atoms with Gasteiger partial charge in [-0.05, 0) is 18.4 Å². The number of aromatic nitrogens is 3. The van der Waals surface area contributed by atoms with Crippen molar-refractivity contribution in [3.05, 3.63) is 18.3 Å². The van der Waals surface area contributed by atoms with Crippen LogP contribution >= 0.6 is 11.8 Å². The second-order valence-corrected chi connectivity index (χ2v) is 3.49. The van der Waals surface area contributed by atoms with Crippen LogP contribution in [0.4, 0.5) is 5.82 Å². The molecule has 2 aromatic rings. The molecule has 0 unspecified atom stereocenters. The molecule has 0 saturated carbocycles. The maximum absolute atomic E-state index is 4.33. The smallest absolute Gasteiger partial charge is 0.189 e. The van der Waals surface area contributed by atoms with E-state index in [4.69, 9.17) is 0 Å². The summed E-state index contributed by atoms with van der Waals surface area (Å²) in [5, 5.41) is 4.69. The summed E-state index contributed by atoms with van der Waals surface area (Å²) in [6.45, 7) is 0. The Kier molecular flexibility index (Phi) is 2.49. The number of hydrogen-bond acceptors (Lipinski definition) is 5. The van der Waals surface area contributed by atoms with Gasteiger partial charge in [-0.2, -0.15) is 0 Å². The van der Waals surface area contributed by atoms with Crippen LogP contribution in [0.25, 0.3) is 11.0 Å². The highest BCUT2D eigenvalue weighted by molar-refractivity contribution is 7.98. The number of anilines is 1. The van der Waals surface area contributed by atoms with Crippen LogP contribution in [0.5, 0.6) is 0 Å². The van der Waals surface area contributed by atoms with Crippen LogP contribution in [-0.2, 0) is 0 Å². The Bertz CT molecular complexity index is 419. The molecule has 2 rings (SSSR count). The maximum atomic E-state index is 4.33. The van der Waals surface area contributed by atoms with E-state index in [0.29, 0.717) is 0 Å². The summed E-state index contributed by atoms with van der Waals surface area (Å²) >= 11 is 1.51. The van der Waals surface area contributed by atoms with Gasteiger partial charge in [0.05, 0.1) is 0 Å². The van der Waals surface area contributed by atoms with Gasteiger partial charge in [0.15, 0.2) is 10.8 Å². The lowest BCUT2D eigenvalue weighted by Gasteiger charge is -2.01. The predicted molar refractivity (Wildman–Crippen MR) is 58.7 cm³/mol. The molecule has 0 spiro atoms. The highest BCUT2D eigenvalue weighted by atomic mass is 32.2. The van der Waals surface area contributed by atoms with Gasteiger partial charge in [0.1, 0.15) is 5.82 Å². The molecule has 2 aromatic heterocycles. The highest BCUT2D eigenvalue weighted by Gasteiger charge is 2.00. The number of pyridine rings is 1. The first kappa shape index (κ1) is 9.21. The minimum absolute atomic E-state index is 0.733. The van der Waals surface area contributed by atoms with E-state index in [0.717, 1.165) is 22.0 Å². The van der Waals surface area contributed by atoms with Crippen LogP contribution in [0.2, 0.25) is 0 Å². The SMILES string of the molecule is CNc1ccc2cnc(SC)nc2n1. The number of hydrogen-bond donors (Lipinski definition) is 1. The quantitative estimate of drug-likeness (QED) is 0.599. The standard InChI is InChI=1S/C9H10N4S/c1-10-7-4-3-6-5-11-9(14-2)13-8(6)12-7/h3-5H,1-2H3,(H,10,11,12,13). The first-order valence-corrected chi connectivity index (χ1v) is 5.41. The van der Waals surface area contributed by atoms with Crippen molar-refractivity contribution in [1.29, 1.82) is 0 Å². The zero-order valence-corrected chi connectivity index (χ0v) is 8.80. The molecule has 72 valence electrons. The molecular formula is C9H10N4S. The molecule has 0 bridgehead atoms. The molecule has 0 atom stereocenters. The molecular weight excluding hydrogens is 196 g/mol. The second-order valence-electron chi connectivity index (χ2n) is 2.72. The Labute approximate surface area is 86.2 Å². The van der Waals surface area contributed by atoms with Gasteiger partial charge in [-0.1, -0.05) is 11.8 Å². The summed E-state index contributed by atoms with van der Waals surface area (Å²) in [6.07, 6.45) is 3.74. The molecule has 1 N–H and O–H groups in total. The van der Waals surface area contributed by atoms with E-state index in [2.05, 4.69) is 20.3 Å². The second kappa shape index (κ2) is 3.79. The molecule has 0 fully saturated rings. The van der Waals surface area contributed by atoms with Crippen LogP contribution in [-0.4, -0.2) is 28.3 Å². The van der Waals surface area contributed by atoms with Crippen molar-refractivity contribution < 1.29 is 0 Å². The van der Waals surface area contributed by atoms with Crippen molar-refractivity contribution in [3.63, 3.8) is 0 Å². The average molecular weight is 206 g/mol. The first-order valence-electron chi connectivity index (χ1n) is 4.19. The van der Waals surface area contributed by atoms with Gasteiger partial charge in [-0.15, -0.1) is 0 Å². The maximum Gasteiger partial charge on any atom is 0.189 e. The normalized spacial score (nSPS) is 10.4. The number of nitrogens with one attached hydrogen (secondary N) is 1. The largest absolute Gasteiger partial charge is 0.373 e. The fourth-order valence-corrected chi connectivity index (χ4v) is 1.47. The Hall–Kier alpha value is -1.36. The van der Waals surface area contributed by atoms with E-state index in [1.807, 2.05) is 25.4 Å². The van der Waals surface area contributed by atoms with E-state index in [-0.39, 0.29) is 0 Å². The summed E-state index contributed by atoms with van der Waals surface area (Å²) in [5.41, 5.74) is 0.733. The molecule has 2 heterocycles. The van der Waals surface area contributed by atoms with Crippen LogP contribution in [0, 0.1) is 0 Å². The molecule has 0 saturated heterocycles. The number of thioether (sulfide) groups is 1. The molecule has 14 heavy (non-hydrogen) atoms. The number of rotatable bonds is 2. The van der Waals surface area contributed by atoms with Crippen LogP contribution in [0.15, 0.2) is 23.5 Å². The molecule has 0 aliphatic carbocycles. The van der Waals surface area contributed by atoms with Gasteiger partial charge < -0.3 is 5.32 Å². The van der Waals surface area contributed by atoms with Gasteiger partial charge in [0.25, 0.3) is 0 Å². The summed E-state index contributed by atoms with van der Waals surface area (Å²) in [7, 11) is 1.84. The van der Waals surface area contributed by atoms with Gasteiger partial charge in [-0.25, -0.2) is 15.0 Å². The van der Waals surface area contributed by atoms with Gasteiger partial charge in [-0.3, -0.25) is 0 Å². The van der Waals surface area contributed by atoms with Crippen LogP contribution in [0.1, 0.15) is 0 Å². The van der Waals surface area contributed by atoms with E-state index in [1.165, 1.54) is 11.8 Å². The van der Waals surface area contributed by atoms with Crippen molar-refractivity contribution in [2.75, 3.05) is 18.6 Å². The third kappa shape index (κ3) is 1.63. The minimum Gasteiger partial charge on any atom is -0.373 e. The number of fused-ring (bicyclic) bond motifs is 1. The summed E-state index contributed by atoms with van der Waals surface area (Å²) < 4.78 is 0. The zero-order chi connectivity index (χ0) is 9.97. The summed E-state index contributed by atoms with van der Waals surface area (Å²) in [5.74, 6) is 0.822. The third-order valence-corrected chi connectivity index (χ3v) is 2.42. The molecule has 0 aliphatic heterocycles. The molecule has 5 heteroatoms. The predicted octanol–water partition coefficient (Wildman–Crippen LogP) is 1.79. The minimum atomic E-state index is 0.733. The van der Waals surface area contributed by atoms with Crippen molar-refractivity contribution in [3.8, 4) is 0 Å². The van der Waals surface area contributed by atoms with E-state index >= 15 is 0 Å². The Morgan fingerprint density at radius 3 is 2.86 bits per heavy atom. The number of nitrogens with zero attached hydrogens (tertiary/aromatic N) is 3. The lowest BCUT2D eigenvalue weighted by molar-refractivity contribution is 0.992. The molecule has 4 nitrogen and oxygen atoms in total. The Morgan fingerprint density at radius 1 is 1.29 bits per heavy atom. The van der Waals surface area contributed by atoms with Crippen LogP contribution in [0.3, 0.4) is 0 Å². The fraction of sp³-hybridized carbons (Fsp3) is 0.222. The van der Waals surface area contributed by atoms with Crippen molar-refractivity contribution in [1.82, 2.24) is 15.0 Å². The molecule has 0 amide bonds. The summed E-state index contributed by atoms with van der Waals surface area (Å²) in [4.78, 5) is 12.8. The molecule has 0 radical (unpaired) electrons. The van der Waals surface area contributed by atoms with Crippen molar-refractivity contribution in [2.45, 2.75) is 5.16 Å². The van der Waals surface area contributed by atoms with E-state index < -0.39 is 0 Å². The van der Waals surface area contributed by atoms with Crippen molar-refractivity contribution in [2.24, 2.45) is 0 Å². The molecule has 0 aromatic carbocycles. The topological polar surface area (TPSA) is 50.7 Å². The fourth-order valence-electron chi connectivity index (χ4n) is 1.13. The molecule has 0 aliphatic rings. The lowest BCUT2D eigenvalue weighted by atomic mass is 10.3. The van der Waals surface area contributed by atoms with Crippen molar-refractivity contribution >= 4 is 28.6 Å². The average Bonchev–Trinajstić information content (AvgIpc) is 2.27. The highest BCUT2D eigenvalue weighted by Crippen LogP contribution is 2.15. The monoisotopic (exact) mass is 206 g/mol. The van der Waals surface area contributed by atoms with Gasteiger partial charge in [0.2, 0.25) is 0 Å². The van der Waals surface area contributed by atoms with Gasteiger partial charge >= 0.3 is 0 Å². The van der Waals surface area contributed by atoms with Gasteiger partial charge in [0, 0.05) is 18.6 Å².